The molecule has 28 heavy (non-hydrogen) atoms. The number of aliphatic hydroxyl groups is 1. The fourth-order valence-corrected chi connectivity index (χ4v) is 3.03. The second kappa shape index (κ2) is 11.8. The molecular weight excluding hydrogens is 469 g/mol. The van der Waals surface area contributed by atoms with Crippen LogP contribution in [0.3, 0.4) is 0 Å². The topological polar surface area (TPSA) is 75.1 Å². The summed E-state index contributed by atoms with van der Waals surface area (Å²) in [7, 11) is 1.73. The van der Waals surface area contributed by atoms with E-state index >= 15 is 0 Å². The van der Waals surface area contributed by atoms with Gasteiger partial charge in [-0.1, -0.05) is 42.5 Å². The Morgan fingerprint density at radius 2 is 1.86 bits per heavy atom. The number of hydrogen-bond acceptors (Lipinski definition) is 4. The fraction of sp³-hybridized carbons (Fsp3) is 0.381. The highest BCUT2D eigenvalue weighted by Gasteiger charge is 2.15. The smallest absolute Gasteiger partial charge is 0.191 e. The van der Waals surface area contributed by atoms with Crippen molar-refractivity contribution in [3.05, 3.63) is 59.7 Å². The summed E-state index contributed by atoms with van der Waals surface area (Å²) < 4.78 is 11.6. The number of benzene rings is 2. The largest absolute Gasteiger partial charge is 0.490 e. The Morgan fingerprint density at radius 3 is 2.61 bits per heavy atom. The molecule has 6 nitrogen and oxygen atoms in total. The van der Waals surface area contributed by atoms with Crippen LogP contribution in [-0.2, 0) is 6.54 Å². The molecule has 2 aromatic carbocycles. The van der Waals surface area contributed by atoms with Crippen LogP contribution in [0, 0.1) is 0 Å². The number of guanidine groups is 1. The van der Waals surface area contributed by atoms with Gasteiger partial charge in [0.2, 0.25) is 0 Å². The van der Waals surface area contributed by atoms with Crippen molar-refractivity contribution in [1.82, 2.24) is 10.6 Å². The molecular formula is C21H28IN3O3. The van der Waals surface area contributed by atoms with Crippen LogP contribution in [0.25, 0.3) is 0 Å². The number of hydrogen-bond donors (Lipinski definition) is 3. The van der Waals surface area contributed by atoms with Crippen LogP contribution in [0.1, 0.15) is 23.5 Å². The molecule has 0 saturated carbocycles. The molecule has 152 valence electrons. The Bertz CT molecular complexity index is 756. The van der Waals surface area contributed by atoms with Gasteiger partial charge in [0.25, 0.3) is 0 Å². The molecule has 7 heteroatoms. The number of aliphatic imine (C=N–C) groups is 1. The van der Waals surface area contributed by atoms with Gasteiger partial charge in [0, 0.05) is 38.0 Å². The van der Waals surface area contributed by atoms with Crippen LogP contribution in [-0.4, -0.2) is 44.5 Å². The molecule has 1 aliphatic heterocycles. The lowest BCUT2D eigenvalue weighted by atomic mass is 10.0. The quantitative estimate of drug-likeness (QED) is 0.325. The summed E-state index contributed by atoms with van der Waals surface area (Å²) in [4.78, 5) is 4.27. The van der Waals surface area contributed by atoms with Crippen LogP contribution in [0.4, 0.5) is 0 Å². The van der Waals surface area contributed by atoms with E-state index in [4.69, 9.17) is 9.47 Å². The van der Waals surface area contributed by atoms with E-state index in [-0.39, 0.29) is 36.5 Å². The standard InChI is InChI=1S/C21H27N3O3.HI/c1-22-21(24-14-18(15-25)16-7-3-2-4-8-16)23-13-17-9-5-10-19-20(17)27-12-6-11-26-19;/h2-5,7-10,18,25H,6,11-15H2,1H3,(H2,22,23,24);1H. The highest BCUT2D eigenvalue weighted by atomic mass is 127. The molecule has 0 amide bonds. The highest BCUT2D eigenvalue weighted by molar-refractivity contribution is 14.0. The minimum Gasteiger partial charge on any atom is -0.490 e. The summed E-state index contributed by atoms with van der Waals surface area (Å²) in [5, 5.41) is 16.3. The summed E-state index contributed by atoms with van der Waals surface area (Å²) in [6.07, 6.45) is 0.882. The van der Waals surface area contributed by atoms with E-state index in [0.29, 0.717) is 32.3 Å². The summed E-state index contributed by atoms with van der Waals surface area (Å²) in [5.41, 5.74) is 2.13. The molecule has 0 aliphatic carbocycles. The average molecular weight is 497 g/mol. The SMILES string of the molecule is CN=C(NCc1cccc2c1OCCCO2)NCC(CO)c1ccccc1.I. The molecule has 2 aromatic rings. The van der Waals surface area contributed by atoms with E-state index < -0.39 is 0 Å². The summed E-state index contributed by atoms with van der Waals surface area (Å²) in [6, 6.07) is 15.9. The molecule has 1 heterocycles. The number of para-hydroxylation sites is 1. The maximum absolute atomic E-state index is 9.70. The molecule has 1 aliphatic rings. The van der Waals surface area contributed by atoms with Gasteiger partial charge in [0.1, 0.15) is 0 Å². The summed E-state index contributed by atoms with van der Waals surface area (Å²) in [5.74, 6) is 2.28. The predicted octanol–water partition coefficient (Wildman–Crippen LogP) is 2.91. The normalized spacial score (nSPS) is 14.4. The average Bonchev–Trinajstić information content (AvgIpc) is 2.97. The number of nitrogens with one attached hydrogen (secondary N) is 2. The molecule has 1 atom stereocenters. The maximum atomic E-state index is 9.70. The minimum atomic E-state index is 0. The molecule has 0 radical (unpaired) electrons. The maximum Gasteiger partial charge on any atom is 0.191 e. The molecule has 3 N–H and O–H groups in total. The van der Waals surface area contributed by atoms with Crippen molar-refractivity contribution in [2.45, 2.75) is 18.9 Å². The van der Waals surface area contributed by atoms with E-state index in [2.05, 4.69) is 15.6 Å². The molecule has 0 fully saturated rings. The van der Waals surface area contributed by atoms with Crippen LogP contribution < -0.4 is 20.1 Å². The van der Waals surface area contributed by atoms with Crippen molar-refractivity contribution in [2.24, 2.45) is 4.99 Å². The molecule has 0 bridgehead atoms. The van der Waals surface area contributed by atoms with Gasteiger partial charge < -0.3 is 25.2 Å². The molecule has 1 unspecified atom stereocenters. The number of ether oxygens (including phenoxy) is 2. The molecule has 0 saturated heterocycles. The third-order valence-corrected chi connectivity index (χ3v) is 4.53. The first kappa shape index (κ1) is 22.3. The van der Waals surface area contributed by atoms with Crippen molar-refractivity contribution in [2.75, 3.05) is 33.4 Å². The van der Waals surface area contributed by atoms with E-state index in [1.54, 1.807) is 7.05 Å². The minimum absolute atomic E-state index is 0. The Labute approximate surface area is 183 Å². The first-order valence-electron chi connectivity index (χ1n) is 9.29. The lowest BCUT2D eigenvalue weighted by Crippen LogP contribution is -2.39. The first-order chi connectivity index (χ1) is 13.3. The van der Waals surface area contributed by atoms with Gasteiger partial charge in [-0.05, 0) is 11.6 Å². The van der Waals surface area contributed by atoms with Crippen molar-refractivity contribution < 1.29 is 14.6 Å². The van der Waals surface area contributed by atoms with Crippen LogP contribution in [0.15, 0.2) is 53.5 Å². The van der Waals surface area contributed by atoms with Gasteiger partial charge in [0.15, 0.2) is 17.5 Å². The predicted molar refractivity (Wildman–Crippen MR) is 122 cm³/mol. The van der Waals surface area contributed by atoms with Crippen LogP contribution in [0.2, 0.25) is 0 Å². The van der Waals surface area contributed by atoms with E-state index in [9.17, 15) is 5.11 Å². The molecule has 3 rings (SSSR count). The monoisotopic (exact) mass is 497 g/mol. The number of nitrogens with zero attached hydrogens (tertiary/aromatic N) is 1. The van der Waals surface area contributed by atoms with Crippen molar-refractivity contribution >= 4 is 29.9 Å². The van der Waals surface area contributed by atoms with E-state index in [1.807, 2.05) is 48.5 Å². The Hall–Kier alpha value is -2.00. The number of fused-ring (bicyclic) bond motifs is 1. The zero-order chi connectivity index (χ0) is 18.9. The first-order valence-corrected chi connectivity index (χ1v) is 9.29. The highest BCUT2D eigenvalue weighted by Crippen LogP contribution is 2.33. The molecule has 0 spiro atoms. The van der Waals surface area contributed by atoms with E-state index in [1.165, 1.54) is 0 Å². The van der Waals surface area contributed by atoms with Crippen molar-refractivity contribution in [3.63, 3.8) is 0 Å². The third-order valence-electron chi connectivity index (χ3n) is 4.53. The fourth-order valence-electron chi connectivity index (χ4n) is 3.03. The van der Waals surface area contributed by atoms with Crippen molar-refractivity contribution in [3.8, 4) is 11.5 Å². The van der Waals surface area contributed by atoms with Gasteiger partial charge in [-0.15, -0.1) is 24.0 Å². The van der Waals surface area contributed by atoms with Gasteiger partial charge in [-0.25, -0.2) is 0 Å². The van der Waals surface area contributed by atoms with E-state index in [0.717, 1.165) is 29.0 Å². The van der Waals surface area contributed by atoms with Crippen LogP contribution >= 0.6 is 24.0 Å². The van der Waals surface area contributed by atoms with Gasteiger partial charge in [0.05, 0.1) is 19.8 Å². The van der Waals surface area contributed by atoms with Gasteiger partial charge >= 0.3 is 0 Å². The number of aliphatic hydroxyl groups excluding tert-OH is 1. The van der Waals surface area contributed by atoms with Gasteiger partial charge in [-0.3, -0.25) is 4.99 Å². The third kappa shape index (κ3) is 6.00. The zero-order valence-electron chi connectivity index (χ0n) is 16.1. The number of halogens is 1. The summed E-state index contributed by atoms with van der Waals surface area (Å²) in [6.45, 7) is 2.57. The Morgan fingerprint density at radius 1 is 1.07 bits per heavy atom. The zero-order valence-corrected chi connectivity index (χ0v) is 18.4. The lowest BCUT2D eigenvalue weighted by molar-refractivity contribution is 0.265. The Kier molecular flexibility index (Phi) is 9.36. The summed E-state index contributed by atoms with van der Waals surface area (Å²) >= 11 is 0. The second-order valence-corrected chi connectivity index (χ2v) is 6.39. The van der Waals surface area contributed by atoms with Crippen LogP contribution in [0.5, 0.6) is 11.5 Å². The number of rotatable bonds is 6. The van der Waals surface area contributed by atoms with Gasteiger partial charge in [-0.2, -0.15) is 0 Å². The second-order valence-electron chi connectivity index (χ2n) is 6.39. The Balaban J connectivity index is 0.00000280. The van der Waals surface area contributed by atoms with Crippen molar-refractivity contribution in [1.29, 1.82) is 0 Å². The lowest BCUT2D eigenvalue weighted by Gasteiger charge is -2.19. The molecule has 0 aromatic heterocycles.